The fraction of sp³-hybridized carbons (Fsp3) is 0.750. The van der Waals surface area contributed by atoms with Crippen LogP contribution in [0.4, 0.5) is 4.79 Å². The number of carbonyl (C=O) groups excluding carboxylic acids is 1. The van der Waals surface area contributed by atoms with Gasteiger partial charge in [0.1, 0.15) is 7.85 Å². The first-order valence-electron chi connectivity index (χ1n) is 2.79. The van der Waals surface area contributed by atoms with Gasteiger partial charge < -0.3 is 8.38 Å². The Balaban J connectivity index is 3.34. The molecule has 3 nitrogen and oxygen atoms in total. The number of halogens is 1. The van der Waals surface area contributed by atoms with E-state index in [1.165, 1.54) is 0 Å². The van der Waals surface area contributed by atoms with Crippen molar-refractivity contribution in [2.24, 2.45) is 0 Å². The van der Waals surface area contributed by atoms with E-state index in [-0.39, 0.29) is 12.1 Å². The Hall–Kier alpha value is 0.0649. The minimum absolute atomic E-state index is 0.201. The van der Waals surface area contributed by atoms with Gasteiger partial charge in [0.2, 0.25) is 0 Å². The smallest absolute Gasteiger partial charge is 0.378 e. The molecule has 1 unspecified atom stereocenters. The Kier molecular flexibility index (Phi) is 4.93. The minimum Gasteiger partial charge on any atom is -0.378 e. The molecule has 0 saturated heterocycles. The molecule has 1 atom stereocenters. The van der Waals surface area contributed by atoms with Crippen LogP contribution in [0, 0.1) is 0 Å². The second kappa shape index (κ2) is 4.90. The molecule has 0 aromatic heterocycles. The second-order valence-electron chi connectivity index (χ2n) is 1.82. The van der Waals surface area contributed by atoms with Crippen LogP contribution in [-0.2, 0) is 3.07 Å². The predicted molar refractivity (Wildman–Crippen MR) is 46.4 cm³/mol. The highest BCUT2D eigenvalue weighted by molar-refractivity contribution is 14.1. The molecule has 0 aliphatic rings. The Morgan fingerprint density at radius 1 is 2.00 bits per heavy atom. The van der Waals surface area contributed by atoms with Gasteiger partial charge in [-0.1, -0.05) is 6.32 Å². The van der Waals surface area contributed by atoms with Crippen molar-refractivity contribution >= 4 is 36.9 Å². The van der Waals surface area contributed by atoms with Crippen molar-refractivity contribution in [3.05, 3.63) is 0 Å². The Morgan fingerprint density at radius 2 is 2.56 bits per heavy atom. The lowest BCUT2D eigenvalue weighted by atomic mass is 9.99. The molecule has 0 radical (unpaired) electrons. The fourth-order valence-electron chi connectivity index (χ4n) is 0.326. The van der Waals surface area contributed by atoms with E-state index in [1.807, 2.05) is 14.8 Å². The summed E-state index contributed by atoms with van der Waals surface area (Å²) in [4.78, 5) is 10.4. The van der Waals surface area contributed by atoms with Crippen LogP contribution >= 0.6 is 23.0 Å². The van der Waals surface area contributed by atoms with Gasteiger partial charge in [-0.05, 0) is 6.92 Å². The van der Waals surface area contributed by atoms with Gasteiger partial charge in [-0.25, -0.2) is 4.79 Å². The second-order valence-corrected chi connectivity index (χ2v) is 2.26. The van der Waals surface area contributed by atoms with Crippen LogP contribution in [0.5, 0.6) is 0 Å². The van der Waals surface area contributed by atoms with Crippen LogP contribution in [0.15, 0.2) is 0 Å². The SMILES string of the molecule is BCC(C)NC(=O)OI. The molecule has 0 aliphatic carbocycles. The van der Waals surface area contributed by atoms with Gasteiger partial charge in [-0.3, -0.25) is 0 Å². The summed E-state index contributed by atoms with van der Waals surface area (Å²) in [7, 11) is 2.00. The number of hydrogen-bond donors (Lipinski definition) is 1. The van der Waals surface area contributed by atoms with Gasteiger partial charge in [0.15, 0.2) is 23.0 Å². The maximum atomic E-state index is 10.4. The van der Waals surface area contributed by atoms with Gasteiger partial charge in [0.25, 0.3) is 0 Å². The summed E-state index contributed by atoms with van der Waals surface area (Å²) in [5, 5.41) is 2.61. The van der Waals surface area contributed by atoms with Crippen LogP contribution in [0.1, 0.15) is 6.92 Å². The van der Waals surface area contributed by atoms with Gasteiger partial charge in [0.05, 0.1) is 0 Å². The van der Waals surface area contributed by atoms with Crippen molar-refractivity contribution in [2.75, 3.05) is 0 Å². The van der Waals surface area contributed by atoms with E-state index in [1.54, 1.807) is 23.0 Å². The molecule has 1 N–H and O–H groups in total. The number of nitrogens with one attached hydrogen (secondary N) is 1. The number of carbonyl (C=O) groups is 1. The molecule has 0 fully saturated rings. The first-order chi connectivity index (χ1) is 4.20. The molecule has 5 heteroatoms. The van der Waals surface area contributed by atoms with E-state index in [4.69, 9.17) is 0 Å². The lowest BCUT2D eigenvalue weighted by molar-refractivity contribution is 0.212. The van der Waals surface area contributed by atoms with Crippen molar-refractivity contribution in [3.8, 4) is 0 Å². The average molecular weight is 241 g/mol. The Morgan fingerprint density at radius 3 is 2.89 bits per heavy atom. The molecule has 9 heavy (non-hydrogen) atoms. The highest BCUT2D eigenvalue weighted by atomic mass is 127. The summed E-state index contributed by atoms with van der Waals surface area (Å²) < 4.78 is 4.34. The summed E-state index contributed by atoms with van der Waals surface area (Å²) in [6.07, 6.45) is 0.552. The van der Waals surface area contributed by atoms with Crippen molar-refractivity contribution in [1.82, 2.24) is 5.32 Å². The van der Waals surface area contributed by atoms with E-state index in [0.717, 1.165) is 6.32 Å². The molecule has 0 rings (SSSR count). The van der Waals surface area contributed by atoms with Crippen molar-refractivity contribution < 1.29 is 7.86 Å². The van der Waals surface area contributed by atoms with E-state index < -0.39 is 0 Å². The molecule has 1 amide bonds. The summed E-state index contributed by atoms with van der Waals surface area (Å²) in [5.41, 5.74) is 0. The van der Waals surface area contributed by atoms with Crippen LogP contribution in [-0.4, -0.2) is 20.0 Å². The Labute approximate surface area is 69.6 Å². The lowest BCUT2D eigenvalue weighted by Crippen LogP contribution is -2.30. The zero-order chi connectivity index (χ0) is 7.28. The molecule has 52 valence electrons. The maximum absolute atomic E-state index is 10.4. The third-order valence-electron chi connectivity index (χ3n) is 1.05. The average Bonchev–Trinajstić information content (AvgIpc) is 1.87. The highest BCUT2D eigenvalue weighted by Gasteiger charge is 2.02. The first-order valence-corrected chi connectivity index (χ1v) is 3.67. The van der Waals surface area contributed by atoms with Gasteiger partial charge in [-0.15, -0.1) is 0 Å². The number of rotatable bonds is 2. The lowest BCUT2D eigenvalue weighted by Gasteiger charge is -2.07. The van der Waals surface area contributed by atoms with Crippen molar-refractivity contribution in [2.45, 2.75) is 19.3 Å². The van der Waals surface area contributed by atoms with Crippen LogP contribution in [0.3, 0.4) is 0 Å². The quantitative estimate of drug-likeness (QED) is 0.564. The Bertz CT molecular complexity index is 101. The van der Waals surface area contributed by atoms with E-state index >= 15 is 0 Å². The molecule has 0 aromatic rings. The minimum atomic E-state index is -0.370. The topological polar surface area (TPSA) is 38.3 Å². The van der Waals surface area contributed by atoms with Gasteiger partial charge in [-0.2, -0.15) is 0 Å². The van der Waals surface area contributed by atoms with Crippen LogP contribution < -0.4 is 5.32 Å². The van der Waals surface area contributed by atoms with Gasteiger partial charge >= 0.3 is 6.09 Å². The standard InChI is InChI=1S/C4H9BINO2/c1-3(2-5)7-4(8)9-6/h3H,2,5H2,1H3,(H,7,8). The third kappa shape index (κ3) is 4.56. The molecule has 0 aromatic carbocycles. The van der Waals surface area contributed by atoms with Crippen LogP contribution in [0.25, 0.3) is 0 Å². The van der Waals surface area contributed by atoms with Crippen molar-refractivity contribution in [3.63, 3.8) is 0 Å². The zero-order valence-electron chi connectivity index (χ0n) is 5.48. The zero-order valence-corrected chi connectivity index (χ0v) is 7.64. The van der Waals surface area contributed by atoms with Gasteiger partial charge in [0, 0.05) is 6.04 Å². The molecule has 0 aliphatic heterocycles. The molecule has 0 saturated carbocycles. The summed E-state index contributed by atoms with van der Waals surface area (Å²) >= 11 is 1.55. The third-order valence-corrected chi connectivity index (χ3v) is 1.45. The maximum Gasteiger partial charge on any atom is 0.416 e. The normalized spacial score (nSPS) is 12.2. The number of amides is 1. The number of hydrogen-bond acceptors (Lipinski definition) is 2. The molecule has 0 bridgehead atoms. The summed E-state index contributed by atoms with van der Waals surface area (Å²) in [5.74, 6) is 0. The largest absolute Gasteiger partial charge is 0.416 e. The fourth-order valence-corrected chi connectivity index (χ4v) is 0.453. The van der Waals surface area contributed by atoms with E-state index in [2.05, 4.69) is 8.38 Å². The van der Waals surface area contributed by atoms with Crippen LogP contribution in [0.2, 0.25) is 6.32 Å². The molecular formula is C4H9BINO2. The highest BCUT2D eigenvalue weighted by Crippen LogP contribution is 1.90. The molecular weight excluding hydrogens is 232 g/mol. The predicted octanol–water partition coefficient (Wildman–Crippen LogP) is 0.502. The summed E-state index contributed by atoms with van der Waals surface area (Å²) in [6.45, 7) is 1.92. The first kappa shape index (κ1) is 9.06. The van der Waals surface area contributed by atoms with E-state index in [0.29, 0.717) is 0 Å². The molecule has 0 spiro atoms. The van der Waals surface area contributed by atoms with E-state index in [9.17, 15) is 4.79 Å². The summed E-state index contributed by atoms with van der Waals surface area (Å²) in [6, 6.07) is 0.201. The van der Waals surface area contributed by atoms with Crippen molar-refractivity contribution in [1.29, 1.82) is 0 Å². The molecule has 0 heterocycles. The monoisotopic (exact) mass is 241 g/mol.